The van der Waals surface area contributed by atoms with E-state index in [9.17, 15) is 14.4 Å². The summed E-state index contributed by atoms with van der Waals surface area (Å²) in [5.41, 5.74) is 2.51. The average Bonchev–Trinajstić information content (AvgIpc) is 3.45. The van der Waals surface area contributed by atoms with Crippen LogP contribution in [-0.4, -0.2) is 51.7 Å². The molecule has 3 aromatic rings. The Labute approximate surface area is 253 Å². The Morgan fingerprint density at radius 1 is 0.767 bits per heavy atom. The SMILES string of the molecule is CC(=O)c1cc(C(=O)N[C@H]2CCCC[C@@H]2OCc2ccccc2)n(CC(=O)N[C@H]2CCCC[C@@H]2OCc2ccccc2)n1. The van der Waals surface area contributed by atoms with Crippen molar-refractivity contribution in [2.24, 2.45) is 0 Å². The second-order valence-electron chi connectivity index (χ2n) is 11.6. The number of aromatic nitrogens is 2. The smallest absolute Gasteiger partial charge is 0.269 e. The number of rotatable bonds is 12. The molecule has 0 bridgehead atoms. The first-order valence-electron chi connectivity index (χ1n) is 15.5. The molecule has 2 N–H and O–H groups in total. The van der Waals surface area contributed by atoms with E-state index in [0.717, 1.165) is 62.5 Å². The summed E-state index contributed by atoms with van der Waals surface area (Å²) in [6, 6.07) is 21.1. The Kier molecular flexibility index (Phi) is 10.7. The Morgan fingerprint density at radius 2 is 1.28 bits per heavy atom. The minimum atomic E-state index is -0.366. The van der Waals surface area contributed by atoms with E-state index in [2.05, 4.69) is 15.7 Å². The van der Waals surface area contributed by atoms with Gasteiger partial charge in [0.15, 0.2) is 5.78 Å². The molecular weight excluding hydrogens is 544 g/mol. The number of hydrogen-bond acceptors (Lipinski definition) is 6. The maximum Gasteiger partial charge on any atom is 0.269 e. The molecule has 2 amide bonds. The van der Waals surface area contributed by atoms with Crippen LogP contribution < -0.4 is 10.6 Å². The van der Waals surface area contributed by atoms with E-state index < -0.39 is 0 Å². The summed E-state index contributed by atoms with van der Waals surface area (Å²) < 4.78 is 13.8. The lowest BCUT2D eigenvalue weighted by atomic mass is 9.92. The Morgan fingerprint density at radius 3 is 1.81 bits per heavy atom. The summed E-state index contributed by atoms with van der Waals surface area (Å²) in [6.45, 7) is 2.19. The van der Waals surface area contributed by atoms with Crippen molar-refractivity contribution in [3.63, 3.8) is 0 Å². The molecule has 0 spiro atoms. The number of nitrogens with one attached hydrogen (secondary N) is 2. The van der Waals surface area contributed by atoms with E-state index >= 15 is 0 Å². The number of carbonyl (C=O) groups is 3. The van der Waals surface area contributed by atoms with Crippen LogP contribution in [0.4, 0.5) is 0 Å². The molecule has 0 aliphatic heterocycles. The van der Waals surface area contributed by atoms with Gasteiger partial charge in [0.2, 0.25) is 5.91 Å². The van der Waals surface area contributed by atoms with E-state index in [1.165, 1.54) is 17.7 Å². The topological polar surface area (TPSA) is 112 Å². The largest absolute Gasteiger partial charge is 0.371 e. The normalized spacial score (nSPS) is 22.1. The van der Waals surface area contributed by atoms with Crippen LogP contribution in [0.15, 0.2) is 66.7 Å². The second kappa shape index (κ2) is 15.1. The van der Waals surface area contributed by atoms with Crippen molar-refractivity contribution in [2.45, 2.75) is 102 Å². The van der Waals surface area contributed by atoms with Crippen molar-refractivity contribution >= 4 is 17.6 Å². The van der Waals surface area contributed by atoms with E-state index in [4.69, 9.17) is 9.47 Å². The quantitative estimate of drug-likeness (QED) is 0.290. The monoisotopic (exact) mass is 586 g/mol. The summed E-state index contributed by atoms with van der Waals surface area (Å²) in [5.74, 6) is -0.902. The lowest BCUT2D eigenvalue weighted by Crippen LogP contribution is -2.48. The highest BCUT2D eigenvalue weighted by atomic mass is 16.5. The van der Waals surface area contributed by atoms with Gasteiger partial charge in [0, 0.05) is 13.0 Å². The van der Waals surface area contributed by atoms with Crippen molar-refractivity contribution in [2.75, 3.05) is 0 Å². The number of nitrogens with zero attached hydrogens (tertiary/aromatic N) is 2. The standard InChI is InChI=1S/C34H42N4O5/c1-24(39)29-20-30(34(41)36-28-17-9-11-19-32(28)43-23-26-14-6-3-7-15-26)38(37-29)21-33(40)35-27-16-8-10-18-31(27)42-22-25-12-4-2-5-13-25/h2-7,12-15,20,27-28,31-32H,8-11,16-19,21-23H2,1H3,(H,35,40)(H,36,41)/t27-,28-,31-,32-/m0/s1. The Balaban J connectivity index is 1.22. The lowest BCUT2D eigenvalue weighted by Gasteiger charge is -2.32. The molecular formula is C34H42N4O5. The van der Waals surface area contributed by atoms with Gasteiger partial charge in [-0.1, -0.05) is 86.3 Å². The minimum Gasteiger partial charge on any atom is -0.371 e. The van der Waals surface area contributed by atoms with Crippen LogP contribution in [0.2, 0.25) is 0 Å². The van der Waals surface area contributed by atoms with Crippen molar-refractivity contribution < 1.29 is 23.9 Å². The van der Waals surface area contributed by atoms with Gasteiger partial charge in [-0.05, 0) is 36.8 Å². The Bertz CT molecular complexity index is 1360. The van der Waals surface area contributed by atoms with Crippen LogP contribution in [0.25, 0.3) is 0 Å². The van der Waals surface area contributed by atoms with Gasteiger partial charge in [0.1, 0.15) is 17.9 Å². The second-order valence-corrected chi connectivity index (χ2v) is 11.6. The number of benzene rings is 2. The number of ketones is 1. The van der Waals surface area contributed by atoms with E-state index in [1.54, 1.807) is 0 Å². The summed E-state index contributed by atoms with van der Waals surface area (Å²) in [5, 5.41) is 10.6. The van der Waals surface area contributed by atoms with Crippen molar-refractivity contribution in [3.8, 4) is 0 Å². The molecule has 0 saturated heterocycles. The molecule has 1 aromatic heterocycles. The molecule has 2 aliphatic rings. The molecule has 2 aromatic carbocycles. The highest BCUT2D eigenvalue weighted by Crippen LogP contribution is 2.24. The number of amides is 2. The molecule has 9 nitrogen and oxygen atoms in total. The fourth-order valence-corrected chi connectivity index (χ4v) is 6.00. The molecule has 0 unspecified atom stereocenters. The minimum absolute atomic E-state index is 0.0924. The molecule has 0 radical (unpaired) electrons. The first-order chi connectivity index (χ1) is 21.0. The van der Waals surface area contributed by atoms with Crippen LogP contribution in [0.1, 0.15) is 90.4 Å². The third kappa shape index (κ3) is 8.61. The van der Waals surface area contributed by atoms with Crippen LogP contribution in [0.3, 0.4) is 0 Å². The molecule has 2 saturated carbocycles. The van der Waals surface area contributed by atoms with E-state index in [1.807, 2.05) is 60.7 Å². The third-order valence-corrected chi connectivity index (χ3v) is 8.35. The molecule has 43 heavy (non-hydrogen) atoms. The highest BCUT2D eigenvalue weighted by molar-refractivity contribution is 5.98. The van der Waals surface area contributed by atoms with E-state index in [0.29, 0.717) is 13.2 Å². The lowest BCUT2D eigenvalue weighted by molar-refractivity contribution is -0.124. The van der Waals surface area contributed by atoms with Crippen LogP contribution in [0.5, 0.6) is 0 Å². The molecule has 2 aliphatic carbocycles. The fraction of sp³-hybridized carbons (Fsp3) is 0.471. The van der Waals surface area contributed by atoms with Gasteiger partial charge in [-0.25, -0.2) is 4.68 Å². The third-order valence-electron chi connectivity index (χ3n) is 8.35. The van der Waals surface area contributed by atoms with Crippen LogP contribution in [-0.2, 0) is 34.0 Å². The first kappa shape index (κ1) is 30.6. The first-order valence-corrected chi connectivity index (χ1v) is 15.5. The summed E-state index contributed by atoms with van der Waals surface area (Å²) in [7, 11) is 0. The fourth-order valence-electron chi connectivity index (χ4n) is 6.00. The molecule has 1 heterocycles. The summed E-state index contributed by atoms with van der Waals surface area (Å²) in [6.07, 6.45) is 7.22. The van der Waals surface area contributed by atoms with Gasteiger partial charge in [0.25, 0.3) is 5.91 Å². The zero-order chi connectivity index (χ0) is 30.0. The maximum atomic E-state index is 13.5. The van der Waals surface area contributed by atoms with Gasteiger partial charge in [-0.3, -0.25) is 14.4 Å². The van der Waals surface area contributed by atoms with Crippen LogP contribution >= 0.6 is 0 Å². The number of hydrogen-bond donors (Lipinski definition) is 2. The van der Waals surface area contributed by atoms with Crippen LogP contribution in [0, 0.1) is 0 Å². The molecule has 2 fully saturated rings. The van der Waals surface area contributed by atoms with Gasteiger partial charge in [0.05, 0.1) is 37.5 Å². The molecule has 5 rings (SSSR count). The molecule has 9 heteroatoms. The summed E-state index contributed by atoms with van der Waals surface area (Å²) >= 11 is 0. The maximum absolute atomic E-state index is 13.5. The molecule has 4 atom stereocenters. The van der Waals surface area contributed by atoms with Gasteiger partial charge < -0.3 is 20.1 Å². The predicted molar refractivity (Wildman–Crippen MR) is 162 cm³/mol. The molecule has 228 valence electrons. The van der Waals surface area contributed by atoms with Gasteiger partial charge in [-0.2, -0.15) is 5.10 Å². The van der Waals surface area contributed by atoms with E-state index in [-0.39, 0.29) is 59.8 Å². The van der Waals surface area contributed by atoms with Gasteiger partial charge in [-0.15, -0.1) is 0 Å². The number of ether oxygens (including phenoxy) is 2. The average molecular weight is 587 g/mol. The Hall–Kier alpha value is -3.82. The van der Waals surface area contributed by atoms with Crippen molar-refractivity contribution in [3.05, 3.63) is 89.2 Å². The summed E-state index contributed by atoms with van der Waals surface area (Å²) in [4.78, 5) is 39.0. The van der Waals surface area contributed by atoms with Crippen molar-refractivity contribution in [1.29, 1.82) is 0 Å². The van der Waals surface area contributed by atoms with Gasteiger partial charge >= 0.3 is 0 Å². The predicted octanol–water partition coefficient (Wildman–Crippen LogP) is 4.99. The van der Waals surface area contributed by atoms with Crippen molar-refractivity contribution in [1.82, 2.24) is 20.4 Å². The zero-order valence-electron chi connectivity index (χ0n) is 24.9. The number of carbonyl (C=O) groups excluding carboxylic acids is 3. The number of Topliss-reactive ketones (excluding diaryl/α,β-unsaturated/α-hetero) is 1. The highest BCUT2D eigenvalue weighted by Gasteiger charge is 2.31. The zero-order valence-corrected chi connectivity index (χ0v) is 24.9.